The van der Waals surface area contributed by atoms with Gasteiger partial charge in [-0.05, 0) is 53.9 Å². The smallest absolute Gasteiger partial charge is 0.308 e. The molecular formula is C25H20FNO4S2. The minimum absolute atomic E-state index is 0.0725. The van der Waals surface area contributed by atoms with Gasteiger partial charge in [-0.2, -0.15) is 0 Å². The second-order valence-corrected chi connectivity index (χ2v) is 11.0. The van der Waals surface area contributed by atoms with Gasteiger partial charge in [-0.3, -0.25) is 4.79 Å². The molecule has 0 aliphatic heterocycles. The summed E-state index contributed by atoms with van der Waals surface area (Å²) in [5, 5.41) is 10.7. The van der Waals surface area contributed by atoms with Crippen molar-refractivity contribution in [1.29, 1.82) is 0 Å². The number of halogens is 1. The van der Waals surface area contributed by atoms with Gasteiger partial charge in [0.2, 0.25) is 0 Å². The number of nitrogens with one attached hydrogen (secondary N) is 1. The highest BCUT2D eigenvalue weighted by Crippen LogP contribution is 2.33. The molecule has 2 aromatic carbocycles. The molecule has 8 heteroatoms. The first-order chi connectivity index (χ1) is 15.7. The number of hydrogen-bond acceptors (Lipinski definition) is 4. The van der Waals surface area contributed by atoms with Crippen molar-refractivity contribution in [3.8, 4) is 11.8 Å². The molecule has 2 N–H and O–H groups in total. The fourth-order valence-electron chi connectivity index (χ4n) is 3.66. The lowest BCUT2D eigenvalue weighted by Crippen LogP contribution is -2.28. The maximum absolute atomic E-state index is 13.1. The molecule has 168 valence electrons. The fourth-order valence-corrected chi connectivity index (χ4v) is 6.57. The molecule has 0 saturated carbocycles. The van der Waals surface area contributed by atoms with E-state index in [4.69, 9.17) is 0 Å². The van der Waals surface area contributed by atoms with Gasteiger partial charge in [-0.15, -0.1) is 11.3 Å². The normalized spacial score (nSPS) is 13.3. The first-order valence-electron chi connectivity index (χ1n) is 10.1. The van der Waals surface area contributed by atoms with Crippen LogP contribution in [0.15, 0.2) is 71.1 Å². The Bertz CT molecular complexity index is 1470. The van der Waals surface area contributed by atoms with E-state index in [0.29, 0.717) is 10.4 Å². The van der Waals surface area contributed by atoms with Crippen molar-refractivity contribution >= 4 is 38.0 Å². The molecule has 0 radical (unpaired) electrons. The van der Waals surface area contributed by atoms with Gasteiger partial charge in [0.15, 0.2) is 9.84 Å². The number of hydrogen-bond donors (Lipinski definition) is 2. The maximum Gasteiger partial charge on any atom is 0.308 e. The summed E-state index contributed by atoms with van der Waals surface area (Å²) in [5.41, 5.74) is 2.24. The Hall–Kier alpha value is -3.41. The number of para-hydroxylation sites is 1. The van der Waals surface area contributed by atoms with Gasteiger partial charge in [0.1, 0.15) is 10.0 Å². The van der Waals surface area contributed by atoms with E-state index in [1.54, 1.807) is 19.2 Å². The molecule has 5 nitrogen and oxygen atoms in total. The minimum atomic E-state index is -3.85. The first-order valence-corrected chi connectivity index (χ1v) is 12.6. The predicted molar refractivity (Wildman–Crippen MR) is 127 cm³/mol. The molecule has 4 rings (SSSR count). The number of carboxylic acids is 1. The molecule has 0 aliphatic rings. The standard InChI is InChI=1S/C25H20FNO4S2/c1-16(21-14-27-23-5-3-2-4-20(21)23)22(25(28)29)15-33(30,31)24-13-12-19(32-24)11-8-17-6-9-18(26)10-7-17/h2-7,9-10,12-14,16,22,27H,15H2,1H3,(H,28,29)/t16?,22-/m0/s1. The SMILES string of the molecule is CC(c1c[nH]c2ccccc12)[C@H](CS(=O)(=O)c1ccc(C#Cc2ccc(F)cc2)s1)C(=O)O. The fraction of sp³-hybridized carbons (Fsp3) is 0.160. The van der Waals surface area contributed by atoms with Crippen LogP contribution >= 0.6 is 11.3 Å². The van der Waals surface area contributed by atoms with Crippen LogP contribution in [0, 0.1) is 23.6 Å². The molecule has 0 bridgehead atoms. The highest BCUT2D eigenvalue weighted by molar-refractivity contribution is 7.93. The number of aromatic amines is 1. The maximum atomic E-state index is 13.1. The largest absolute Gasteiger partial charge is 0.481 e. The zero-order valence-corrected chi connectivity index (χ0v) is 19.2. The lowest BCUT2D eigenvalue weighted by atomic mass is 9.88. The van der Waals surface area contributed by atoms with Gasteiger partial charge in [-0.25, -0.2) is 12.8 Å². The summed E-state index contributed by atoms with van der Waals surface area (Å²) >= 11 is 0.993. The van der Waals surface area contributed by atoms with E-state index in [9.17, 15) is 22.7 Å². The molecular weight excluding hydrogens is 461 g/mol. The van der Waals surface area contributed by atoms with Crippen molar-refractivity contribution in [2.45, 2.75) is 17.1 Å². The second kappa shape index (κ2) is 9.22. The lowest BCUT2D eigenvalue weighted by Gasteiger charge is -2.19. The van der Waals surface area contributed by atoms with Crippen molar-refractivity contribution in [3.63, 3.8) is 0 Å². The molecule has 0 aliphatic carbocycles. The van der Waals surface area contributed by atoms with Gasteiger partial charge in [0.05, 0.1) is 16.5 Å². The van der Waals surface area contributed by atoms with Crippen LogP contribution in [0.4, 0.5) is 4.39 Å². The van der Waals surface area contributed by atoms with Crippen LogP contribution in [-0.4, -0.2) is 30.2 Å². The average molecular weight is 482 g/mol. The Kier molecular flexibility index (Phi) is 6.36. The van der Waals surface area contributed by atoms with Crippen LogP contribution in [-0.2, 0) is 14.6 Å². The van der Waals surface area contributed by atoms with Crippen molar-refractivity contribution < 1.29 is 22.7 Å². The topological polar surface area (TPSA) is 87.2 Å². The summed E-state index contributed by atoms with van der Waals surface area (Å²) in [5.74, 6) is 2.06. The highest BCUT2D eigenvalue weighted by Gasteiger charge is 2.33. The number of thiophene rings is 1. The lowest BCUT2D eigenvalue weighted by molar-refractivity contribution is -0.141. The van der Waals surface area contributed by atoms with Crippen LogP contribution in [0.1, 0.15) is 28.8 Å². The van der Waals surface area contributed by atoms with E-state index in [-0.39, 0.29) is 10.0 Å². The zero-order valence-electron chi connectivity index (χ0n) is 17.6. The van der Waals surface area contributed by atoms with Crippen molar-refractivity contribution in [2.24, 2.45) is 5.92 Å². The van der Waals surface area contributed by atoms with Gasteiger partial charge in [0, 0.05) is 22.7 Å². The van der Waals surface area contributed by atoms with Crippen molar-refractivity contribution in [3.05, 3.63) is 88.7 Å². The summed E-state index contributed by atoms with van der Waals surface area (Å²) in [6.07, 6.45) is 1.74. The molecule has 4 aromatic rings. The van der Waals surface area contributed by atoms with E-state index in [2.05, 4.69) is 16.8 Å². The zero-order chi connectivity index (χ0) is 23.6. The van der Waals surface area contributed by atoms with E-state index >= 15 is 0 Å². The third kappa shape index (κ3) is 5.00. The summed E-state index contributed by atoms with van der Waals surface area (Å²) in [4.78, 5) is 15.7. The van der Waals surface area contributed by atoms with Crippen LogP contribution in [0.3, 0.4) is 0 Å². The van der Waals surface area contributed by atoms with E-state index in [1.165, 1.54) is 30.3 Å². The van der Waals surface area contributed by atoms with Gasteiger partial charge >= 0.3 is 5.97 Å². The Morgan fingerprint density at radius 1 is 1.09 bits per heavy atom. The molecule has 1 unspecified atom stereocenters. The Balaban J connectivity index is 1.56. The average Bonchev–Trinajstić information content (AvgIpc) is 3.44. The van der Waals surface area contributed by atoms with E-state index in [1.807, 2.05) is 24.3 Å². The molecule has 0 fully saturated rings. The summed E-state index contributed by atoms with van der Waals surface area (Å²) in [6, 6.07) is 16.2. The summed E-state index contributed by atoms with van der Waals surface area (Å²) in [7, 11) is -3.85. The number of aliphatic carboxylic acids is 1. The molecule has 0 spiro atoms. The minimum Gasteiger partial charge on any atom is -0.481 e. The second-order valence-electron chi connectivity index (χ2n) is 7.68. The number of rotatable bonds is 6. The Labute approximate surface area is 194 Å². The molecule has 2 atom stereocenters. The van der Waals surface area contributed by atoms with Crippen LogP contribution in [0.5, 0.6) is 0 Å². The third-order valence-corrected chi connectivity index (χ3v) is 8.85. The van der Waals surface area contributed by atoms with Crippen molar-refractivity contribution in [2.75, 3.05) is 5.75 Å². The number of H-pyrrole nitrogens is 1. The Morgan fingerprint density at radius 2 is 1.82 bits per heavy atom. The number of aromatic nitrogens is 1. The molecule has 0 saturated heterocycles. The summed E-state index contributed by atoms with van der Waals surface area (Å²) < 4.78 is 39.2. The highest BCUT2D eigenvalue weighted by atomic mass is 32.2. The van der Waals surface area contributed by atoms with Gasteiger partial charge in [-0.1, -0.05) is 37.0 Å². The van der Waals surface area contributed by atoms with E-state index < -0.39 is 33.4 Å². The number of sulfone groups is 1. The van der Waals surface area contributed by atoms with Crippen LogP contribution < -0.4 is 0 Å². The number of carboxylic acid groups (broad SMARTS) is 1. The molecule has 33 heavy (non-hydrogen) atoms. The van der Waals surface area contributed by atoms with E-state index in [0.717, 1.165) is 27.8 Å². The van der Waals surface area contributed by atoms with Gasteiger partial charge in [0.25, 0.3) is 0 Å². The van der Waals surface area contributed by atoms with Gasteiger partial charge < -0.3 is 10.1 Å². The third-order valence-electron chi connectivity index (χ3n) is 5.49. The van der Waals surface area contributed by atoms with Crippen LogP contribution in [0.25, 0.3) is 10.9 Å². The molecule has 2 aromatic heterocycles. The number of carbonyl (C=O) groups is 1. The monoisotopic (exact) mass is 481 g/mol. The molecule has 2 heterocycles. The summed E-state index contributed by atoms with van der Waals surface area (Å²) in [6.45, 7) is 1.73. The molecule has 0 amide bonds. The predicted octanol–water partition coefficient (Wildman–Crippen LogP) is 5.05. The van der Waals surface area contributed by atoms with Crippen LogP contribution in [0.2, 0.25) is 0 Å². The quantitative estimate of drug-likeness (QED) is 0.378. The number of fused-ring (bicyclic) bond motifs is 1. The Morgan fingerprint density at radius 3 is 2.55 bits per heavy atom. The van der Waals surface area contributed by atoms with Crippen molar-refractivity contribution in [1.82, 2.24) is 4.98 Å². The number of benzene rings is 2. The first kappa shape index (κ1) is 22.8.